The third-order valence-corrected chi connectivity index (χ3v) is 7.97. The summed E-state index contributed by atoms with van der Waals surface area (Å²) in [5.74, 6) is 1.07. The Hall–Kier alpha value is -2.86. The number of aryl methyl sites for hydroxylation is 1. The molecule has 0 fully saturated rings. The maximum atomic E-state index is 13.1. The maximum absolute atomic E-state index is 13.1. The van der Waals surface area contributed by atoms with E-state index in [1.54, 1.807) is 36.6 Å². The molecule has 5 nitrogen and oxygen atoms in total. The van der Waals surface area contributed by atoms with E-state index < -0.39 is 0 Å². The molecular formula is C33H47N2O3S+. The van der Waals surface area contributed by atoms with E-state index in [-0.39, 0.29) is 5.91 Å². The van der Waals surface area contributed by atoms with Gasteiger partial charge >= 0.3 is 0 Å². The van der Waals surface area contributed by atoms with Crippen molar-refractivity contribution in [1.82, 2.24) is 0 Å². The second kappa shape index (κ2) is 17.7. The summed E-state index contributed by atoms with van der Waals surface area (Å²) in [6, 6.07) is 13.4. The van der Waals surface area contributed by atoms with E-state index in [1.807, 2.05) is 12.1 Å². The summed E-state index contributed by atoms with van der Waals surface area (Å²) in [6.07, 6.45) is 17.7. The number of nitrogens with zero attached hydrogens (tertiary/aromatic N) is 1. The maximum Gasteiger partial charge on any atom is 0.259 e. The SMILES string of the molecule is CCCCCCCCCCCCCCOc1cc(OC)ccc1C(=O)Nc1ccc(C[n+]2ccsc2C)cc1. The minimum Gasteiger partial charge on any atom is -0.497 e. The Kier molecular flexibility index (Phi) is 13.9. The number of thiazole rings is 1. The zero-order chi connectivity index (χ0) is 27.7. The number of rotatable bonds is 19. The first-order valence-corrected chi connectivity index (χ1v) is 15.6. The van der Waals surface area contributed by atoms with Gasteiger partial charge in [0.2, 0.25) is 5.01 Å². The minimum absolute atomic E-state index is 0.182. The summed E-state index contributed by atoms with van der Waals surface area (Å²) in [5.41, 5.74) is 2.47. The van der Waals surface area contributed by atoms with Crippen LogP contribution >= 0.6 is 11.3 Å². The van der Waals surface area contributed by atoms with Crippen molar-refractivity contribution in [1.29, 1.82) is 0 Å². The van der Waals surface area contributed by atoms with E-state index >= 15 is 0 Å². The molecule has 0 spiro atoms. The molecule has 0 saturated heterocycles. The summed E-state index contributed by atoms with van der Waals surface area (Å²) >= 11 is 1.74. The molecule has 2 aromatic carbocycles. The molecule has 39 heavy (non-hydrogen) atoms. The second-order valence-corrected chi connectivity index (χ2v) is 11.4. The number of carbonyl (C=O) groups is 1. The van der Waals surface area contributed by atoms with Gasteiger partial charge in [0.15, 0.2) is 12.7 Å². The number of anilines is 1. The molecule has 1 aromatic heterocycles. The van der Waals surface area contributed by atoms with Gasteiger partial charge in [0.25, 0.3) is 5.91 Å². The number of nitrogens with one attached hydrogen (secondary N) is 1. The first-order chi connectivity index (χ1) is 19.1. The Labute approximate surface area is 239 Å². The lowest BCUT2D eigenvalue weighted by atomic mass is 10.1. The lowest BCUT2D eigenvalue weighted by Gasteiger charge is -2.13. The fraction of sp³-hybridized carbons (Fsp3) is 0.515. The summed E-state index contributed by atoms with van der Waals surface area (Å²) < 4.78 is 13.7. The molecule has 0 bridgehead atoms. The number of methoxy groups -OCH3 is 1. The Bertz CT molecular complexity index is 1110. The van der Waals surface area contributed by atoms with Crippen molar-refractivity contribution >= 4 is 22.9 Å². The monoisotopic (exact) mass is 551 g/mol. The van der Waals surface area contributed by atoms with E-state index in [4.69, 9.17) is 9.47 Å². The average Bonchev–Trinajstić information content (AvgIpc) is 3.36. The molecule has 6 heteroatoms. The zero-order valence-corrected chi connectivity index (χ0v) is 25.0. The van der Waals surface area contributed by atoms with Crippen molar-refractivity contribution in [3.63, 3.8) is 0 Å². The standard InChI is InChI=1S/C33H46N2O3S/c1-4-5-6-7-8-9-10-11-12-13-14-15-23-38-32-25-30(37-3)20-21-31(32)33(36)34-29-18-16-28(17-19-29)26-35-22-24-39-27(35)2/h16-22,24-25H,4-15,23,26H2,1-3H3/p+1. The second-order valence-electron chi connectivity index (χ2n) is 10.3. The van der Waals surface area contributed by atoms with Crippen LogP contribution in [0.4, 0.5) is 5.69 Å². The van der Waals surface area contributed by atoms with E-state index in [1.165, 1.54) is 74.8 Å². The van der Waals surface area contributed by atoms with Gasteiger partial charge < -0.3 is 14.8 Å². The van der Waals surface area contributed by atoms with Gasteiger partial charge in [0.05, 0.1) is 24.7 Å². The van der Waals surface area contributed by atoms with Crippen molar-refractivity contribution in [3.05, 3.63) is 70.2 Å². The predicted octanol–water partition coefficient (Wildman–Crippen LogP) is 8.73. The quantitative estimate of drug-likeness (QED) is 0.120. The topological polar surface area (TPSA) is 51.4 Å². The van der Waals surface area contributed by atoms with Gasteiger partial charge in [0.1, 0.15) is 11.5 Å². The molecule has 1 N–H and O–H groups in total. The largest absolute Gasteiger partial charge is 0.497 e. The summed E-state index contributed by atoms with van der Waals surface area (Å²) in [5, 5.41) is 6.38. The fourth-order valence-electron chi connectivity index (χ4n) is 4.69. The molecule has 1 amide bonds. The molecule has 3 rings (SSSR count). The fourth-order valence-corrected chi connectivity index (χ4v) is 5.36. The molecule has 3 aromatic rings. The minimum atomic E-state index is -0.182. The number of carbonyl (C=O) groups excluding carboxylic acids is 1. The van der Waals surface area contributed by atoms with Gasteiger partial charge in [-0.2, -0.15) is 4.57 Å². The van der Waals surface area contributed by atoms with Crippen molar-refractivity contribution in [3.8, 4) is 11.5 Å². The summed E-state index contributed by atoms with van der Waals surface area (Å²) in [4.78, 5) is 13.1. The number of unbranched alkanes of at least 4 members (excludes halogenated alkanes) is 11. The van der Waals surface area contributed by atoms with Crippen LogP contribution in [-0.2, 0) is 6.54 Å². The number of hydrogen-bond acceptors (Lipinski definition) is 4. The van der Waals surface area contributed by atoms with Gasteiger partial charge in [-0.3, -0.25) is 4.79 Å². The van der Waals surface area contributed by atoms with Crippen LogP contribution in [0.2, 0.25) is 0 Å². The van der Waals surface area contributed by atoms with Crippen LogP contribution in [0, 0.1) is 6.92 Å². The van der Waals surface area contributed by atoms with Crippen LogP contribution in [0.5, 0.6) is 11.5 Å². The average molecular weight is 552 g/mol. The molecule has 0 unspecified atom stereocenters. The lowest BCUT2D eigenvalue weighted by Crippen LogP contribution is -2.34. The number of benzene rings is 2. The van der Waals surface area contributed by atoms with Crippen LogP contribution in [0.15, 0.2) is 54.0 Å². The smallest absolute Gasteiger partial charge is 0.259 e. The third-order valence-electron chi connectivity index (χ3n) is 7.14. The normalized spacial score (nSPS) is 10.9. The first kappa shape index (κ1) is 30.7. The van der Waals surface area contributed by atoms with Crippen LogP contribution in [0.25, 0.3) is 0 Å². The molecule has 0 atom stereocenters. The third kappa shape index (κ3) is 11.0. The summed E-state index contributed by atoms with van der Waals surface area (Å²) in [6.45, 7) is 5.80. The summed E-state index contributed by atoms with van der Waals surface area (Å²) in [7, 11) is 1.63. The van der Waals surface area contributed by atoms with Crippen molar-refractivity contribution in [2.75, 3.05) is 19.0 Å². The van der Waals surface area contributed by atoms with E-state index in [0.29, 0.717) is 23.7 Å². The Balaban J connectivity index is 1.41. The molecule has 0 radical (unpaired) electrons. The van der Waals surface area contributed by atoms with Crippen molar-refractivity contribution < 1.29 is 18.8 Å². The number of hydrogen-bond donors (Lipinski definition) is 1. The highest BCUT2D eigenvalue weighted by Crippen LogP contribution is 2.26. The molecule has 0 aliphatic heterocycles. The van der Waals surface area contributed by atoms with Gasteiger partial charge in [0, 0.05) is 24.2 Å². The van der Waals surface area contributed by atoms with Crippen molar-refractivity contribution in [2.24, 2.45) is 0 Å². The van der Waals surface area contributed by atoms with Gasteiger partial charge in [-0.05, 0) is 30.7 Å². The molecule has 0 aliphatic rings. The van der Waals surface area contributed by atoms with Gasteiger partial charge in [-0.1, -0.05) is 101 Å². The van der Waals surface area contributed by atoms with Gasteiger partial charge in [-0.15, -0.1) is 0 Å². The van der Waals surface area contributed by atoms with E-state index in [0.717, 1.165) is 25.1 Å². The lowest BCUT2D eigenvalue weighted by molar-refractivity contribution is -0.689. The van der Waals surface area contributed by atoms with Crippen LogP contribution in [-0.4, -0.2) is 19.6 Å². The highest BCUT2D eigenvalue weighted by molar-refractivity contribution is 7.09. The van der Waals surface area contributed by atoms with E-state index in [9.17, 15) is 4.79 Å². The Morgan fingerprint density at radius 2 is 1.51 bits per heavy atom. The van der Waals surface area contributed by atoms with Crippen LogP contribution in [0.3, 0.4) is 0 Å². The number of ether oxygens (including phenoxy) is 2. The highest BCUT2D eigenvalue weighted by Gasteiger charge is 2.15. The van der Waals surface area contributed by atoms with E-state index in [2.05, 4.69) is 47.4 Å². The Morgan fingerprint density at radius 1 is 0.872 bits per heavy atom. The number of aromatic nitrogens is 1. The molecule has 212 valence electrons. The van der Waals surface area contributed by atoms with Gasteiger partial charge in [-0.25, -0.2) is 0 Å². The predicted molar refractivity (Wildman–Crippen MR) is 162 cm³/mol. The molecular weight excluding hydrogens is 504 g/mol. The molecule has 0 aliphatic carbocycles. The van der Waals surface area contributed by atoms with Crippen LogP contribution < -0.4 is 19.4 Å². The Morgan fingerprint density at radius 3 is 2.10 bits per heavy atom. The molecule has 0 saturated carbocycles. The van der Waals surface area contributed by atoms with Crippen LogP contribution in [0.1, 0.15) is 105 Å². The van der Waals surface area contributed by atoms with Crippen molar-refractivity contribution in [2.45, 2.75) is 97.4 Å². The first-order valence-electron chi connectivity index (χ1n) is 14.8. The molecule has 1 heterocycles. The zero-order valence-electron chi connectivity index (χ0n) is 24.2. The number of amides is 1. The highest BCUT2D eigenvalue weighted by atomic mass is 32.1.